The van der Waals surface area contributed by atoms with Crippen molar-refractivity contribution in [3.8, 4) is 0 Å². The summed E-state index contributed by atoms with van der Waals surface area (Å²) in [7, 11) is 3.61. The summed E-state index contributed by atoms with van der Waals surface area (Å²) in [5, 5.41) is 6.34. The van der Waals surface area contributed by atoms with E-state index in [2.05, 4.69) is 10.4 Å². The summed E-state index contributed by atoms with van der Waals surface area (Å²) in [5.41, 5.74) is 1.39. The van der Waals surface area contributed by atoms with Crippen LogP contribution < -0.4 is 5.32 Å². The first kappa shape index (κ1) is 20.0. The summed E-state index contributed by atoms with van der Waals surface area (Å²) in [6, 6.07) is 8.19. The third-order valence-corrected chi connectivity index (χ3v) is 4.02. The van der Waals surface area contributed by atoms with Gasteiger partial charge in [-0.05, 0) is 39.6 Å². The van der Waals surface area contributed by atoms with E-state index in [-0.39, 0.29) is 19.0 Å². The number of aryl methyl sites for hydroxylation is 2. The Balaban J connectivity index is 2.02. The van der Waals surface area contributed by atoms with Crippen molar-refractivity contribution in [1.29, 1.82) is 0 Å². The van der Waals surface area contributed by atoms with Crippen molar-refractivity contribution >= 4 is 5.91 Å². The second-order valence-corrected chi connectivity index (χ2v) is 6.46. The minimum absolute atomic E-state index is 0.168. The molecule has 0 aliphatic rings. The summed E-state index contributed by atoms with van der Waals surface area (Å²) in [5.74, 6) is -0.207. The molecule has 0 saturated carbocycles. The lowest BCUT2D eigenvalue weighted by Crippen LogP contribution is -2.38. The van der Waals surface area contributed by atoms with Gasteiger partial charge in [-0.1, -0.05) is 29.8 Å². The predicted octanol–water partition coefficient (Wildman–Crippen LogP) is 2.94. The third-order valence-electron chi connectivity index (χ3n) is 4.02. The summed E-state index contributed by atoms with van der Waals surface area (Å²) < 4.78 is 39.3. The van der Waals surface area contributed by atoms with Crippen molar-refractivity contribution in [2.75, 3.05) is 20.6 Å². The highest BCUT2D eigenvalue weighted by atomic mass is 19.4. The standard InChI is InChI=1S/C18H23F3N4O/c1-12-6-5-7-14(10-12)16(24(3)4)17(26)22-8-9-25-13(2)11-15(23-25)18(19,20)21/h5-7,10-11,16H,8-9H2,1-4H3,(H,22,26). The van der Waals surface area contributed by atoms with Gasteiger partial charge in [0.1, 0.15) is 6.04 Å². The number of amides is 1. The smallest absolute Gasteiger partial charge is 0.353 e. The normalized spacial score (nSPS) is 13.1. The van der Waals surface area contributed by atoms with Crippen LogP contribution in [0.5, 0.6) is 0 Å². The van der Waals surface area contributed by atoms with E-state index >= 15 is 0 Å². The van der Waals surface area contributed by atoms with E-state index in [0.29, 0.717) is 5.69 Å². The quantitative estimate of drug-likeness (QED) is 0.853. The number of nitrogens with zero attached hydrogens (tertiary/aromatic N) is 3. The van der Waals surface area contributed by atoms with Crippen molar-refractivity contribution in [2.24, 2.45) is 0 Å². The lowest BCUT2D eigenvalue weighted by Gasteiger charge is -2.24. The van der Waals surface area contributed by atoms with Gasteiger partial charge in [-0.15, -0.1) is 0 Å². The molecule has 0 fully saturated rings. The van der Waals surface area contributed by atoms with Gasteiger partial charge in [0.25, 0.3) is 0 Å². The SMILES string of the molecule is Cc1cccc(C(C(=O)NCCn2nc(C(F)(F)F)cc2C)N(C)C)c1. The lowest BCUT2D eigenvalue weighted by molar-refractivity contribution is -0.141. The number of hydrogen-bond donors (Lipinski definition) is 1. The van der Waals surface area contributed by atoms with Gasteiger partial charge in [0, 0.05) is 12.2 Å². The first-order chi connectivity index (χ1) is 12.1. The number of carbonyl (C=O) groups is 1. The number of aromatic nitrogens is 2. The number of rotatable bonds is 6. The Morgan fingerprint density at radius 1 is 1.27 bits per heavy atom. The van der Waals surface area contributed by atoms with Crippen LogP contribution in [0.15, 0.2) is 30.3 Å². The summed E-state index contributed by atoms with van der Waals surface area (Å²) in [6.07, 6.45) is -4.47. The molecule has 2 rings (SSSR count). The van der Waals surface area contributed by atoms with Crippen LogP contribution in [0.3, 0.4) is 0 Å². The Labute approximate surface area is 150 Å². The van der Waals surface area contributed by atoms with Crippen molar-refractivity contribution in [1.82, 2.24) is 20.0 Å². The number of likely N-dealkylation sites (N-methyl/N-ethyl adjacent to an activating group) is 1. The third kappa shape index (κ3) is 4.85. The van der Waals surface area contributed by atoms with E-state index in [9.17, 15) is 18.0 Å². The van der Waals surface area contributed by atoms with Gasteiger partial charge < -0.3 is 5.32 Å². The van der Waals surface area contributed by atoms with Crippen LogP contribution in [0, 0.1) is 13.8 Å². The average molecular weight is 368 g/mol. The molecule has 1 aromatic heterocycles. The van der Waals surface area contributed by atoms with E-state index in [1.165, 1.54) is 4.68 Å². The van der Waals surface area contributed by atoms with Gasteiger partial charge in [0.2, 0.25) is 5.91 Å². The van der Waals surface area contributed by atoms with Gasteiger partial charge >= 0.3 is 6.18 Å². The molecule has 0 bridgehead atoms. The van der Waals surface area contributed by atoms with Crippen LogP contribution in [-0.4, -0.2) is 41.2 Å². The molecule has 2 aromatic rings. The predicted molar refractivity (Wildman–Crippen MR) is 92.6 cm³/mol. The maximum Gasteiger partial charge on any atom is 0.435 e. The summed E-state index contributed by atoms with van der Waals surface area (Å²) in [4.78, 5) is 14.4. The Bertz CT molecular complexity index is 768. The minimum Gasteiger partial charge on any atom is -0.353 e. The molecular weight excluding hydrogens is 345 g/mol. The van der Waals surface area contributed by atoms with Crippen LogP contribution in [0.4, 0.5) is 13.2 Å². The molecule has 1 heterocycles. The monoisotopic (exact) mass is 368 g/mol. The van der Waals surface area contributed by atoms with Crippen molar-refractivity contribution in [3.05, 3.63) is 52.8 Å². The number of hydrogen-bond acceptors (Lipinski definition) is 3. The molecule has 26 heavy (non-hydrogen) atoms. The van der Waals surface area contributed by atoms with E-state index in [0.717, 1.165) is 17.2 Å². The zero-order valence-corrected chi connectivity index (χ0v) is 15.3. The molecule has 0 radical (unpaired) electrons. The highest BCUT2D eigenvalue weighted by molar-refractivity contribution is 5.83. The van der Waals surface area contributed by atoms with E-state index in [4.69, 9.17) is 0 Å². The van der Waals surface area contributed by atoms with Crippen molar-refractivity contribution in [3.63, 3.8) is 0 Å². The van der Waals surface area contributed by atoms with Crippen LogP contribution in [-0.2, 0) is 17.5 Å². The highest BCUT2D eigenvalue weighted by Crippen LogP contribution is 2.28. The molecule has 1 atom stereocenters. The molecule has 0 spiro atoms. The molecule has 0 saturated heterocycles. The largest absolute Gasteiger partial charge is 0.435 e. The maximum atomic E-state index is 12.7. The molecule has 1 unspecified atom stereocenters. The zero-order chi connectivity index (χ0) is 19.5. The minimum atomic E-state index is -4.47. The summed E-state index contributed by atoms with van der Waals surface area (Å²) in [6.45, 7) is 3.86. The van der Waals surface area contributed by atoms with Crippen molar-refractivity contribution < 1.29 is 18.0 Å². The summed E-state index contributed by atoms with van der Waals surface area (Å²) >= 11 is 0. The molecule has 1 aromatic carbocycles. The number of alkyl halides is 3. The van der Waals surface area contributed by atoms with Gasteiger partial charge in [-0.25, -0.2) is 0 Å². The fraction of sp³-hybridized carbons (Fsp3) is 0.444. The molecule has 1 amide bonds. The Hall–Kier alpha value is -2.35. The Kier molecular flexibility index (Phi) is 6.07. The van der Waals surface area contributed by atoms with E-state index in [1.807, 2.05) is 31.2 Å². The van der Waals surface area contributed by atoms with E-state index in [1.54, 1.807) is 25.9 Å². The van der Waals surface area contributed by atoms with Crippen LogP contribution in [0.1, 0.15) is 28.6 Å². The second-order valence-electron chi connectivity index (χ2n) is 6.46. The Morgan fingerprint density at radius 2 is 1.96 bits per heavy atom. The van der Waals surface area contributed by atoms with Crippen LogP contribution in [0.25, 0.3) is 0 Å². The van der Waals surface area contributed by atoms with E-state index < -0.39 is 17.9 Å². The number of benzene rings is 1. The molecule has 1 N–H and O–H groups in total. The number of carbonyl (C=O) groups excluding carboxylic acids is 1. The van der Waals surface area contributed by atoms with Crippen LogP contribution >= 0.6 is 0 Å². The fourth-order valence-electron chi connectivity index (χ4n) is 2.78. The van der Waals surface area contributed by atoms with Gasteiger partial charge in [0.05, 0.1) is 6.54 Å². The highest BCUT2D eigenvalue weighted by Gasteiger charge is 2.34. The van der Waals surface area contributed by atoms with Gasteiger partial charge in [-0.2, -0.15) is 18.3 Å². The van der Waals surface area contributed by atoms with Gasteiger partial charge in [0.15, 0.2) is 5.69 Å². The maximum absolute atomic E-state index is 12.7. The molecule has 0 aliphatic heterocycles. The molecule has 0 aliphatic carbocycles. The Morgan fingerprint density at radius 3 is 2.50 bits per heavy atom. The molecule has 8 heteroatoms. The molecular formula is C18H23F3N4O. The van der Waals surface area contributed by atoms with Crippen LogP contribution in [0.2, 0.25) is 0 Å². The first-order valence-corrected chi connectivity index (χ1v) is 8.22. The molecule has 142 valence electrons. The van der Waals surface area contributed by atoms with Gasteiger partial charge in [-0.3, -0.25) is 14.4 Å². The second kappa shape index (κ2) is 7.90. The zero-order valence-electron chi connectivity index (χ0n) is 15.3. The fourth-order valence-corrected chi connectivity index (χ4v) is 2.78. The number of halogens is 3. The molecule has 5 nitrogen and oxygen atoms in total. The number of nitrogens with one attached hydrogen (secondary N) is 1. The first-order valence-electron chi connectivity index (χ1n) is 8.22. The lowest BCUT2D eigenvalue weighted by atomic mass is 10.0. The topological polar surface area (TPSA) is 50.2 Å². The van der Waals surface area contributed by atoms with Crippen molar-refractivity contribution in [2.45, 2.75) is 32.6 Å². The average Bonchev–Trinajstić information content (AvgIpc) is 2.88.